The predicted octanol–water partition coefficient (Wildman–Crippen LogP) is 2.93. The number of aromatic nitrogens is 2. The number of azo groups is 1. The molecule has 0 aliphatic carbocycles. The van der Waals surface area contributed by atoms with Crippen LogP contribution in [0.15, 0.2) is 48.6 Å². The molecule has 1 heterocycles. The van der Waals surface area contributed by atoms with Gasteiger partial charge in [0.15, 0.2) is 0 Å². The van der Waals surface area contributed by atoms with Crippen molar-refractivity contribution in [3.05, 3.63) is 49.6 Å². The first-order valence-corrected chi connectivity index (χ1v) is 7.52. The molecule has 0 saturated heterocycles. The van der Waals surface area contributed by atoms with Crippen LogP contribution in [-0.4, -0.2) is 14.2 Å². The summed E-state index contributed by atoms with van der Waals surface area (Å²) in [6.07, 6.45) is 0. The standard InChI is InChI=1S/C14H15BrN4O3/c1-3-18-12(20)11(13(21)19(4-2)14(18)22)17-16-10-7-5-9(15)6-8-10/h5-8,20H,3-4H2,1-2H3. The number of nitrogens with zero attached hydrogens (tertiary/aromatic N) is 4. The third kappa shape index (κ3) is 3.01. The Morgan fingerprint density at radius 3 is 2.18 bits per heavy atom. The molecule has 2 aromatic rings. The van der Waals surface area contributed by atoms with Gasteiger partial charge in [0.25, 0.3) is 5.56 Å². The lowest BCUT2D eigenvalue weighted by molar-refractivity contribution is 0.397. The van der Waals surface area contributed by atoms with E-state index in [0.717, 1.165) is 13.6 Å². The van der Waals surface area contributed by atoms with Gasteiger partial charge in [-0.25, -0.2) is 4.79 Å². The summed E-state index contributed by atoms with van der Waals surface area (Å²) in [5, 5.41) is 17.8. The molecule has 0 bridgehead atoms. The van der Waals surface area contributed by atoms with Gasteiger partial charge < -0.3 is 5.11 Å². The molecule has 0 fully saturated rings. The summed E-state index contributed by atoms with van der Waals surface area (Å²) >= 11 is 3.31. The second-order valence-electron chi connectivity index (χ2n) is 4.42. The topological polar surface area (TPSA) is 88.9 Å². The molecule has 7 nitrogen and oxygen atoms in total. The highest BCUT2D eigenvalue weighted by Gasteiger charge is 2.16. The van der Waals surface area contributed by atoms with E-state index in [0.29, 0.717) is 5.69 Å². The van der Waals surface area contributed by atoms with Gasteiger partial charge >= 0.3 is 5.69 Å². The maximum Gasteiger partial charge on any atom is 0.333 e. The molecule has 1 aromatic carbocycles. The van der Waals surface area contributed by atoms with Crippen LogP contribution in [0.4, 0.5) is 11.4 Å². The van der Waals surface area contributed by atoms with Crippen LogP contribution in [0.2, 0.25) is 0 Å². The monoisotopic (exact) mass is 366 g/mol. The maximum absolute atomic E-state index is 12.2. The summed E-state index contributed by atoms with van der Waals surface area (Å²) in [5.41, 5.74) is -0.934. The smallest absolute Gasteiger partial charge is 0.333 e. The van der Waals surface area contributed by atoms with E-state index < -0.39 is 17.1 Å². The molecular weight excluding hydrogens is 352 g/mol. The fraction of sp³-hybridized carbons (Fsp3) is 0.286. The Bertz CT molecular complexity index is 822. The van der Waals surface area contributed by atoms with E-state index in [4.69, 9.17) is 0 Å². The van der Waals surface area contributed by atoms with Gasteiger partial charge in [-0.3, -0.25) is 13.9 Å². The van der Waals surface area contributed by atoms with Crippen LogP contribution < -0.4 is 11.2 Å². The summed E-state index contributed by atoms with van der Waals surface area (Å²) < 4.78 is 2.99. The van der Waals surface area contributed by atoms with Gasteiger partial charge in [0.05, 0.1) is 5.69 Å². The Labute approximate surface area is 134 Å². The fourth-order valence-electron chi connectivity index (χ4n) is 1.94. The molecule has 22 heavy (non-hydrogen) atoms. The molecule has 1 N–H and O–H groups in total. The Balaban J connectivity index is 2.58. The maximum atomic E-state index is 12.2. The molecule has 0 saturated carbocycles. The van der Waals surface area contributed by atoms with Crippen molar-refractivity contribution >= 4 is 27.3 Å². The molecule has 0 atom stereocenters. The molecule has 0 spiro atoms. The van der Waals surface area contributed by atoms with E-state index in [1.54, 1.807) is 38.1 Å². The highest BCUT2D eigenvalue weighted by molar-refractivity contribution is 9.10. The van der Waals surface area contributed by atoms with Crippen molar-refractivity contribution in [1.82, 2.24) is 9.13 Å². The molecule has 2 rings (SSSR count). The van der Waals surface area contributed by atoms with Crippen molar-refractivity contribution in [2.45, 2.75) is 26.9 Å². The Hall–Kier alpha value is -2.22. The quantitative estimate of drug-likeness (QED) is 0.843. The molecule has 0 aliphatic rings. The van der Waals surface area contributed by atoms with Crippen molar-refractivity contribution < 1.29 is 5.11 Å². The van der Waals surface area contributed by atoms with E-state index >= 15 is 0 Å². The minimum Gasteiger partial charge on any atom is -0.493 e. The van der Waals surface area contributed by atoms with Gasteiger partial charge in [0.1, 0.15) is 0 Å². The van der Waals surface area contributed by atoms with E-state index in [1.807, 2.05) is 0 Å². The van der Waals surface area contributed by atoms with E-state index in [2.05, 4.69) is 26.2 Å². The van der Waals surface area contributed by atoms with Crippen LogP contribution in [0.1, 0.15) is 13.8 Å². The van der Waals surface area contributed by atoms with E-state index in [9.17, 15) is 14.7 Å². The molecular formula is C14H15BrN4O3. The van der Waals surface area contributed by atoms with E-state index in [-0.39, 0.29) is 18.8 Å². The van der Waals surface area contributed by atoms with Crippen LogP contribution in [-0.2, 0) is 13.1 Å². The van der Waals surface area contributed by atoms with Gasteiger partial charge in [-0.2, -0.15) is 5.11 Å². The van der Waals surface area contributed by atoms with Crippen molar-refractivity contribution in [1.29, 1.82) is 0 Å². The number of benzene rings is 1. The minimum absolute atomic E-state index is 0.193. The second kappa shape index (κ2) is 6.69. The largest absolute Gasteiger partial charge is 0.493 e. The van der Waals surface area contributed by atoms with Crippen molar-refractivity contribution in [3.8, 4) is 5.88 Å². The summed E-state index contributed by atoms with van der Waals surface area (Å²) in [6, 6.07) is 6.98. The SMILES string of the molecule is CCn1c(O)c(N=Nc2ccc(Br)cc2)c(=O)n(CC)c1=O. The van der Waals surface area contributed by atoms with E-state index in [1.165, 1.54) is 0 Å². The first kappa shape index (κ1) is 16.2. The lowest BCUT2D eigenvalue weighted by Crippen LogP contribution is -2.38. The first-order valence-electron chi connectivity index (χ1n) is 6.73. The zero-order chi connectivity index (χ0) is 16.3. The van der Waals surface area contributed by atoms with Crippen molar-refractivity contribution in [3.63, 3.8) is 0 Å². The van der Waals surface area contributed by atoms with Gasteiger partial charge in [0, 0.05) is 17.6 Å². The van der Waals surface area contributed by atoms with Crippen LogP contribution in [0.25, 0.3) is 0 Å². The molecule has 8 heteroatoms. The average molecular weight is 367 g/mol. The average Bonchev–Trinajstić information content (AvgIpc) is 2.50. The molecule has 0 aliphatic heterocycles. The Kier molecular flexibility index (Phi) is 4.92. The van der Waals surface area contributed by atoms with Crippen molar-refractivity contribution in [2.75, 3.05) is 0 Å². The first-order chi connectivity index (χ1) is 10.5. The molecule has 0 amide bonds. The van der Waals surface area contributed by atoms with Crippen LogP contribution in [0.3, 0.4) is 0 Å². The lowest BCUT2D eigenvalue weighted by Gasteiger charge is -2.10. The van der Waals surface area contributed by atoms with Crippen LogP contribution >= 0.6 is 15.9 Å². The predicted molar refractivity (Wildman–Crippen MR) is 86.3 cm³/mol. The van der Waals surface area contributed by atoms with Crippen LogP contribution in [0, 0.1) is 0 Å². The summed E-state index contributed by atoms with van der Waals surface area (Å²) in [4.78, 5) is 24.2. The third-order valence-electron chi connectivity index (χ3n) is 3.10. The highest BCUT2D eigenvalue weighted by atomic mass is 79.9. The van der Waals surface area contributed by atoms with Gasteiger partial charge in [-0.05, 0) is 38.1 Å². The fourth-order valence-corrected chi connectivity index (χ4v) is 2.21. The van der Waals surface area contributed by atoms with Crippen LogP contribution in [0.5, 0.6) is 5.88 Å². The summed E-state index contributed by atoms with van der Waals surface area (Å²) in [5.74, 6) is -0.469. The minimum atomic E-state index is -0.657. The van der Waals surface area contributed by atoms with Gasteiger partial charge in [-0.15, -0.1) is 5.11 Å². The number of hydrogen-bond donors (Lipinski definition) is 1. The lowest BCUT2D eigenvalue weighted by atomic mass is 10.3. The molecule has 116 valence electrons. The third-order valence-corrected chi connectivity index (χ3v) is 3.63. The Morgan fingerprint density at radius 1 is 1.05 bits per heavy atom. The molecule has 0 unspecified atom stereocenters. The molecule has 1 aromatic heterocycles. The summed E-state index contributed by atoms with van der Waals surface area (Å²) in [6.45, 7) is 3.79. The van der Waals surface area contributed by atoms with Gasteiger partial charge in [0.2, 0.25) is 11.6 Å². The number of rotatable bonds is 4. The zero-order valence-corrected chi connectivity index (χ0v) is 13.7. The summed E-state index contributed by atoms with van der Waals surface area (Å²) in [7, 11) is 0. The normalized spacial score (nSPS) is 11.2. The Morgan fingerprint density at radius 2 is 1.64 bits per heavy atom. The number of halogens is 1. The number of hydrogen-bond acceptors (Lipinski definition) is 5. The number of aromatic hydroxyl groups is 1. The second-order valence-corrected chi connectivity index (χ2v) is 5.34. The van der Waals surface area contributed by atoms with Gasteiger partial charge in [-0.1, -0.05) is 15.9 Å². The molecule has 0 radical (unpaired) electrons. The van der Waals surface area contributed by atoms with Crippen molar-refractivity contribution in [2.24, 2.45) is 10.2 Å². The zero-order valence-electron chi connectivity index (χ0n) is 12.2. The highest BCUT2D eigenvalue weighted by Crippen LogP contribution is 2.23.